The number of fused-ring (bicyclic) bond motifs is 1. The molecule has 1 aliphatic carbocycles. The number of hydrazine groups is 1. The third kappa shape index (κ3) is 11.5. The molecule has 0 spiro atoms. The van der Waals surface area contributed by atoms with Crippen LogP contribution in [0.2, 0.25) is 5.02 Å². The van der Waals surface area contributed by atoms with Crippen molar-refractivity contribution in [2.24, 2.45) is 15.8 Å². The summed E-state index contributed by atoms with van der Waals surface area (Å²) in [5.74, 6) is 3.75. The smallest absolute Gasteiger partial charge is 0.254 e. The van der Waals surface area contributed by atoms with Crippen molar-refractivity contribution in [3.05, 3.63) is 93.9 Å². The predicted octanol–water partition coefficient (Wildman–Crippen LogP) is 5.43. The molecule has 66 heavy (non-hydrogen) atoms. The first-order chi connectivity index (χ1) is 31.8. The highest BCUT2D eigenvalue weighted by Crippen LogP contribution is 2.56. The zero-order valence-corrected chi connectivity index (χ0v) is 40.1. The molecule has 0 radical (unpaired) electrons. The fourth-order valence-electron chi connectivity index (χ4n) is 9.72. The third-order valence-electron chi connectivity index (χ3n) is 13.1. The SMILES string of the molecule is CCC1=C2NC(N3CCCC[C@H]3CCO)=CC(=NCc3ccc(OCCOCCOCCN(C)c4ncc(C(=O)NC5C(C)(C)C(OCc6ccc(N)c(Cl)c6)C5(C)C)cn4)nc3)N2NC1. The summed E-state index contributed by atoms with van der Waals surface area (Å²) in [4.78, 5) is 36.0. The Kier molecular flexibility index (Phi) is 16.4. The first-order valence-electron chi connectivity index (χ1n) is 23.2. The number of hydrogen-bond donors (Lipinski definition) is 5. The lowest BCUT2D eigenvalue weighted by atomic mass is 9.49. The Bertz CT molecular complexity index is 2190. The maximum Gasteiger partial charge on any atom is 0.254 e. The van der Waals surface area contributed by atoms with E-state index in [1.165, 1.54) is 12.0 Å². The van der Waals surface area contributed by atoms with Crippen molar-refractivity contribution in [2.45, 2.75) is 98.1 Å². The van der Waals surface area contributed by atoms with E-state index in [2.05, 4.69) is 76.6 Å². The first-order valence-corrected chi connectivity index (χ1v) is 23.6. The molecule has 2 fully saturated rings. The van der Waals surface area contributed by atoms with Gasteiger partial charge in [-0.3, -0.25) is 9.79 Å². The molecule has 1 saturated heterocycles. The molecule has 1 atom stereocenters. The minimum atomic E-state index is -0.315. The lowest BCUT2D eigenvalue weighted by molar-refractivity contribution is -0.213. The average Bonchev–Trinajstić information content (AvgIpc) is 3.74. The van der Waals surface area contributed by atoms with Gasteiger partial charge in [0.25, 0.3) is 5.91 Å². The average molecular weight is 931 g/mol. The highest BCUT2D eigenvalue weighted by atomic mass is 35.5. The summed E-state index contributed by atoms with van der Waals surface area (Å²) >= 11 is 6.20. The number of amides is 1. The van der Waals surface area contributed by atoms with Gasteiger partial charge in [0.2, 0.25) is 11.8 Å². The van der Waals surface area contributed by atoms with Crippen LogP contribution in [0.3, 0.4) is 0 Å². The van der Waals surface area contributed by atoms with Crippen LogP contribution < -0.4 is 31.4 Å². The Labute approximate surface area is 394 Å². The van der Waals surface area contributed by atoms with Gasteiger partial charge in [0.1, 0.15) is 24.1 Å². The zero-order valence-electron chi connectivity index (χ0n) is 39.3. The number of carbonyl (C=O) groups is 1. The van der Waals surface area contributed by atoms with Crippen LogP contribution in [-0.2, 0) is 27.4 Å². The maximum absolute atomic E-state index is 13.3. The number of aliphatic imine (C=N–C) groups is 1. The topological polar surface area (TPSA) is 197 Å². The molecular formula is C48H68ClN11O6. The number of hydrogen-bond acceptors (Lipinski definition) is 15. The molecule has 2 aromatic heterocycles. The van der Waals surface area contributed by atoms with Gasteiger partial charge in [-0.25, -0.2) is 25.4 Å². The van der Waals surface area contributed by atoms with Gasteiger partial charge in [-0.1, -0.05) is 58.4 Å². The van der Waals surface area contributed by atoms with E-state index in [4.69, 9.17) is 41.3 Å². The van der Waals surface area contributed by atoms with Crippen LogP contribution in [0, 0.1) is 10.8 Å². The van der Waals surface area contributed by atoms with Gasteiger partial charge < -0.3 is 50.2 Å². The van der Waals surface area contributed by atoms with Crippen molar-refractivity contribution < 1.29 is 28.8 Å². The number of nitrogen functional groups attached to an aromatic ring is 1. The molecule has 3 aliphatic heterocycles. The Hall–Kier alpha value is -5.04. The number of likely N-dealkylation sites (tertiary alicyclic amines) is 1. The standard InChI is InChI=1S/C48H68ClN11O6/c1-7-34-30-55-60-39(25-40(56-42(34)60)59-16-9-8-10-36(59)15-18-61)51-26-33-12-14-41(52-27-33)65-23-22-64-21-20-63-19-17-58(6)46-53-28-35(29-54-46)43(62)57-44-47(2,3)45(48(44,4)5)66-31-32-11-13-38(50)37(49)24-32/h11-14,24-25,27-29,36,44-45,55-56,61H,7-10,15-23,26,30-31,50H2,1-6H3,(H,57,62)/t36-,44?,45?/m0/s1. The number of pyridine rings is 1. The number of nitrogens with one attached hydrogen (secondary N) is 3. The summed E-state index contributed by atoms with van der Waals surface area (Å²) in [6, 6.07) is 9.54. The lowest BCUT2D eigenvalue weighted by Crippen LogP contribution is -2.73. The molecule has 0 unspecified atom stereocenters. The zero-order chi connectivity index (χ0) is 46.8. The normalized spacial score (nSPS) is 21.5. The largest absolute Gasteiger partial charge is 0.475 e. The number of carbonyl (C=O) groups excluding carboxylic acids is 1. The van der Waals surface area contributed by atoms with Gasteiger partial charge in [0, 0.05) is 86.9 Å². The summed E-state index contributed by atoms with van der Waals surface area (Å²) in [6.45, 7) is 16.0. The summed E-state index contributed by atoms with van der Waals surface area (Å²) in [7, 11) is 1.88. The van der Waals surface area contributed by atoms with Crippen molar-refractivity contribution in [2.75, 3.05) is 77.0 Å². The van der Waals surface area contributed by atoms with E-state index < -0.39 is 0 Å². The monoisotopic (exact) mass is 930 g/mol. The van der Waals surface area contributed by atoms with Crippen molar-refractivity contribution in [3.63, 3.8) is 0 Å². The Morgan fingerprint density at radius 1 is 1.02 bits per heavy atom. The van der Waals surface area contributed by atoms with E-state index in [0.29, 0.717) is 86.9 Å². The van der Waals surface area contributed by atoms with E-state index in [0.717, 1.165) is 67.4 Å². The number of anilines is 2. The number of ether oxygens (including phenoxy) is 4. The van der Waals surface area contributed by atoms with Crippen LogP contribution >= 0.6 is 11.6 Å². The van der Waals surface area contributed by atoms with Crippen LogP contribution in [-0.4, -0.2) is 126 Å². The molecule has 6 N–H and O–H groups in total. The predicted molar refractivity (Wildman–Crippen MR) is 255 cm³/mol. The molecule has 1 aromatic carbocycles. The second-order valence-corrected chi connectivity index (χ2v) is 18.9. The minimum Gasteiger partial charge on any atom is -0.475 e. The maximum atomic E-state index is 13.3. The van der Waals surface area contributed by atoms with Gasteiger partial charge in [-0.2, -0.15) is 0 Å². The van der Waals surface area contributed by atoms with Crippen molar-refractivity contribution in [1.29, 1.82) is 0 Å². The van der Waals surface area contributed by atoms with Crippen molar-refractivity contribution in [3.8, 4) is 5.88 Å². The fourth-order valence-corrected chi connectivity index (χ4v) is 9.92. The Balaban J connectivity index is 0.772. The van der Waals surface area contributed by atoms with Crippen molar-refractivity contribution in [1.82, 2.24) is 40.9 Å². The highest BCUT2D eigenvalue weighted by Gasteiger charge is 2.63. The number of aliphatic hydroxyl groups excluding tert-OH is 1. The van der Waals surface area contributed by atoms with Gasteiger partial charge in [0.15, 0.2) is 0 Å². The Morgan fingerprint density at radius 3 is 2.47 bits per heavy atom. The molecule has 5 heterocycles. The van der Waals surface area contributed by atoms with E-state index >= 15 is 0 Å². The number of aromatic nitrogens is 3. The Morgan fingerprint density at radius 2 is 1.76 bits per heavy atom. The van der Waals surface area contributed by atoms with Gasteiger partial charge in [0.05, 0.1) is 62.0 Å². The second kappa shape index (κ2) is 22.2. The summed E-state index contributed by atoms with van der Waals surface area (Å²) in [6.07, 6.45) is 12.0. The van der Waals surface area contributed by atoms with Crippen molar-refractivity contribution >= 4 is 35.0 Å². The number of aliphatic hydroxyl groups is 1. The number of nitrogens with two attached hydrogens (primary N) is 1. The van der Waals surface area contributed by atoms with Gasteiger partial charge in [-0.15, -0.1) is 0 Å². The molecule has 1 amide bonds. The number of rotatable bonds is 22. The fraction of sp³-hybridized carbons (Fsp3) is 0.562. The quantitative estimate of drug-likeness (QED) is 0.0632. The number of likely N-dealkylation sites (N-methyl/N-ethyl adjacent to an activating group) is 1. The molecule has 0 bridgehead atoms. The van der Waals surface area contributed by atoms with E-state index in [-0.39, 0.29) is 35.5 Å². The summed E-state index contributed by atoms with van der Waals surface area (Å²) in [5.41, 5.74) is 12.9. The summed E-state index contributed by atoms with van der Waals surface area (Å²) in [5, 5.41) is 19.2. The molecule has 1 saturated carbocycles. The van der Waals surface area contributed by atoms with Crippen LogP contribution in [0.1, 0.15) is 88.2 Å². The molecule has 358 valence electrons. The van der Waals surface area contributed by atoms with Gasteiger partial charge in [-0.05, 0) is 60.9 Å². The molecule has 17 nitrogen and oxygen atoms in total. The number of benzene rings is 1. The van der Waals surface area contributed by atoms with E-state index in [1.807, 2.05) is 41.2 Å². The minimum absolute atomic E-state index is 0.0957. The van der Waals surface area contributed by atoms with Crippen LogP contribution in [0.5, 0.6) is 5.88 Å². The summed E-state index contributed by atoms with van der Waals surface area (Å²) < 4.78 is 23.7. The second-order valence-electron chi connectivity index (χ2n) is 18.5. The third-order valence-corrected chi connectivity index (χ3v) is 13.4. The van der Waals surface area contributed by atoms with E-state index in [1.54, 1.807) is 24.7 Å². The van der Waals surface area contributed by atoms with Crippen LogP contribution in [0.4, 0.5) is 11.6 Å². The lowest BCUT2D eigenvalue weighted by Gasteiger charge is -2.63. The van der Waals surface area contributed by atoms with Crippen LogP contribution in [0.25, 0.3) is 0 Å². The van der Waals surface area contributed by atoms with E-state index in [9.17, 15) is 9.90 Å². The highest BCUT2D eigenvalue weighted by molar-refractivity contribution is 6.33. The molecular weight excluding hydrogens is 862 g/mol. The number of amidine groups is 1. The van der Waals surface area contributed by atoms with Crippen LogP contribution in [0.15, 0.2) is 77.2 Å². The van der Waals surface area contributed by atoms with Gasteiger partial charge >= 0.3 is 0 Å². The number of piperidine rings is 1. The molecule has 4 aliphatic rings. The molecule has 18 heteroatoms. The molecule has 3 aromatic rings. The molecule has 7 rings (SSSR count). The number of nitrogens with zero attached hydrogens (tertiary/aromatic N) is 7. The number of halogens is 1. The first kappa shape index (κ1) is 48.9.